The van der Waals surface area contributed by atoms with Crippen molar-refractivity contribution in [1.29, 1.82) is 0 Å². The second-order valence-corrected chi connectivity index (χ2v) is 4.79. The van der Waals surface area contributed by atoms with Gasteiger partial charge in [-0.25, -0.2) is 0 Å². The summed E-state index contributed by atoms with van der Waals surface area (Å²) < 4.78 is 42.1. The minimum Gasteiger partial charge on any atom is -0.468 e. The maximum Gasteiger partial charge on any atom is 0.401 e. The van der Waals surface area contributed by atoms with Crippen LogP contribution in [-0.4, -0.2) is 48.7 Å². The Balaban J connectivity index is 1.77. The quantitative estimate of drug-likeness (QED) is 0.904. The van der Waals surface area contributed by atoms with E-state index in [4.69, 9.17) is 10.2 Å². The van der Waals surface area contributed by atoms with Gasteiger partial charge in [0.05, 0.1) is 19.4 Å². The second-order valence-electron chi connectivity index (χ2n) is 4.79. The van der Waals surface area contributed by atoms with Gasteiger partial charge in [0.15, 0.2) is 0 Å². The van der Waals surface area contributed by atoms with Gasteiger partial charge in [-0.2, -0.15) is 13.2 Å². The van der Waals surface area contributed by atoms with Crippen molar-refractivity contribution in [3.63, 3.8) is 0 Å². The molecule has 0 aromatic carbocycles. The van der Waals surface area contributed by atoms with E-state index in [0.717, 1.165) is 11.3 Å². The van der Waals surface area contributed by atoms with E-state index in [1.165, 1.54) is 4.90 Å². The Morgan fingerprint density at radius 3 is 2.32 bits per heavy atom. The van der Waals surface area contributed by atoms with Gasteiger partial charge in [0, 0.05) is 38.3 Å². The molecule has 4 nitrogen and oxygen atoms in total. The third-order valence-electron chi connectivity index (χ3n) is 3.19. The topological polar surface area (TPSA) is 45.6 Å². The molecule has 0 saturated carbocycles. The molecule has 2 heterocycles. The third-order valence-corrected chi connectivity index (χ3v) is 3.19. The van der Waals surface area contributed by atoms with Crippen LogP contribution in [0.3, 0.4) is 0 Å². The van der Waals surface area contributed by atoms with E-state index in [9.17, 15) is 13.2 Å². The molecule has 2 rings (SSSR count). The van der Waals surface area contributed by atoms with Crippen LogP contribution in [0, 0.1) is 0 Å². The van der Waals surface area contributed by atoms with E-state index in [-0.39, 0.29) is 0 Å². The molecule has 19 heavy (non-hydrogen) atoms. The Kier molecular flexibility index (Phi) is 4.49. The molecule has 7 heteroatoms. The largest absolute Gasteiger partial charge is 0.468 e. The maximum atomic E-state index is 12.2. The van der Waals surface area contributed by atoms with Crippen molar-refractivity contribution in [3.8, 4) is 0 Å². The van der Waals surface area contributed by atoms with Crippen molar-refractivity contribution in [2.45, 2.75) is 19.3 Å². The lowest BCUT2D eigenvalue weighted by Crippen LogP contribution is -2.48. The summed E-state index contributed by atoms with van der Waals surface area (Å²) in [4.78, 5) is 3.52. The van der Waals surface area contributed by atoms with Crippen LogP contribution in [0.25, 0.3) is 0 Å². The molecule has 1 fully saturated rings. The fourth-order valence-electron chi connectivity index (χ4n) is 2.20. The Labute approximate surface area is 109 Å². The van der Waals surface area contributed by atoms with Crippen LogP contribution >= 0.6 is 0 Å². The van der Waals surface area contributed by atoms with Crippen LogP contribution in [0.15, 0.2) is 16.7 Å². The van der Waals surface area contributed by atoms with Gasteiger partial charge in [-0.1, -0.05) is 0 Å². The first-order chi connectivity index (χ1) is 8.96. The molecule has 0 spiro atoms. The molecule has 0 radical (unpaired) electrons. The highest BCUT2D eigenvalue weighted by Gasteiger charge is 2.32. The zero-order valence-corrected chi connectivity index (χ0v) is 10.6. The molecular weight excluding hydrogens is 259 g/mol. The zero-order valence-electron chi connectivity index (χ0n) is 10.6. The number of alkyl halides is 3. The Bertz CT molecular complexity index is 397. The minimum absolute atomic E-state index is 0.433. The number of nitrogens with zero attached hydrogens (tertiary/aromatic N) is 2. The summed E-state index contributed by atoms with van der Waals surface area (Å²) in [6.45, 7) is 2.35. The molecule has 0 atom stereocenters. The molecule has 0 amide bonds. The minimum atomic E-state index is -4.11. The molecule has 1 aliphatic rings. The van der Waals surface area contributed by atoms with Crippen molar-refractivity contribution in [1.82, 2.24) is 9.80 Å². The first-order valence-electron chi connectivity index (χ1n) is 6.24. The standard InChI is InChI=1S/C12H18F3N3O/c13-12(14,15)9-18-3-1-17(2-4-18)7-11-5-10(6-16)8-19-11/h5,8H,1-4,6-7,9,16H2. The van der Waals surface area contributed by atoms with E-state index >= 15 is 0 Å². The van der Waals surface area contributed by atoms with Crippen LogP contribution < -0.4 is 5.73 Å². The number of furan rings is 1. The molecule has 1 saturated heterocycles. The highest BCUT2D eigenvalue weighted by molar-refractivity contribution is 5.12. The molecule has 0 unspecified atom stereocenters. The number of hydrogen-bond donors (Lipinski definition) is 1. The van der Waals surface area contributed by atoms with E-state index in [2.05, 4.69) is 4.90 Å². The maximum absolute atomic E-state index is 12.2. The first-order valence-corrected chi connectivity index (χ1v) is 6.24. The van der Waals surface area contributed by atoms with Gasteiger partial charge in [-0.05, 0) is 6.07 Å². The van der Waals surface area contributed by atoms with Gasteiger partial charge in [0.1, 0.15) is 5.76 Å². The van der Waals surface area contributed by atoms with Gasteiger partial charge in [0.25, 0.3) is 0 Å². The molecule has 0 aliphatic carbocycles. The van der Waals surface area contributed by atoms with Gasteiger partial charge in [0.2, 0.25) is 0 Å². The number of piperazine rings is 1. The summed E-state index contributed by atoms with van der Waals surface area (Å²) in [6, 6.07) is 1.89. The molecule has 1 aromatic heterocycles. The van der Waals surface area contributed by atoms with Crippen molar-refractivity contribution in [2.75, 3.05) is 32.7 Å². The highest BCUT2D eigenvalue weighted by Crippen LogP contribution is 2.18. The summed E-state index contributed by atoms with van der Waals surface area (Å²) >= 11 is 0. The fraction of sp³-hybridized carbons (Fsp3) is 0.667. The number of halogens is 3. The van der Waals surface area contributed by atoms with Gasteiger partial charge < -0.3 is 10.2 Å². The molecule has 1 aromatic rings. The lowest BCUT2D eigenvalue weighted by molar-refractivity contribution is -0.149. The van der Waals surface area contributed by atoms with Crippen molar-refractivity contribution in [2.24, 2.45) is 5.73 Å². The van der Waals surface area contributed by atoms with E-state index in [1.807, 2.05) is 6.07 Å². The monoisotopic (exact) mass is 277 g/mol. The third kappa shape index (κ3) is 4.52. The normalized spacial score (nSPS) is 18.9. The fourth-order valence-corrected chi connectivity index (χ4v) is 2.20. The lowest BCUT2D eigenvalue weighted by Gasteiger charge is -2.34. The smallest absolute Gasteiger partial charge is 0.401 e. The van der Waals surface area contributed by atoms with Gasteiger partial charge in [-0.3, -0.25) is 9.80 Å². The molecular formula is C12H18F3N3O. The van der Waals surface area contributed by atoms with Crippen molar-refractivity contribution < 1.29 is 17.6 Å². The zero-order chi connectivity index (χ0) is 13.9. The van der Waals surface area contributed by atoms with E-state index < -0.39 is 12.7 Å². The van der Waals surface area contributed by atoms with Crippen LogP contribution in [0.2, 0.25) is 0 Å². The average Bonchev–Trinajstić information content (AvgIpc) is 2.77. The Morgan fingerprint density at radius 2 is 1.79 bits per heavy atom. The molecule has 2 N–H and O–H groups in total. The molecule has 0 bridgehead atoms. The summed E-state index contributed by atoms with van der Waals surface area (Å²) in [5.41, 5.74) is 6.42. The number of nitrogens with two attached hydrogens (primary N) is 1. The van der Waals surface area contributed by atoms with E-state index in [0.29, 0.717) is 39.3 Å². The van der Waals surface area contributed by atoms with Gasteiger partial charge in [-0.15, -0.1) is 0 Å². The summed E-state index contributed by atoms with van der Waals surface area (Å²) in [5, 5.41) is 0. The molecule has 108 valence electrons. The number of rotatable bonds is 4. The Hall–Kier alpha value is -1.05. The summed E-state index contributed by atoms with van der Waals surface area (Å²) in [7, 11) is 0. The predicted molar refractivity (Wildman–Crippen MR) is 64.4 cm³/mol. The Morgan fingerprint density at radius 1 is 1.16 bits per heavy atom. The van der Waals surface area contributed by atoms with Crippen LogP contribution in [0.1, 0.15) is 11.3 Å². The average molecular weight is 277 g/mol. The first kappa shape index (κ1) is 14.4. The van der Waals surface area contributed by atoms with Crippen LogP contribution in [0.5, 0.6) is 0 Å². The van der Waals surface area contributed by atoms with Crippen molar-refractivity contribution in [3.05, 3.63) is 23.7 Å². The van der Waals surface area contributed by atoms with Crippen LogP contribution in [-0.2, 0) is 13.1 Å². The van der Waals surface area contributed by atoms with Gasteiger partial charge >= 0.3 is 6.18 Å². The SMILES string of the molecule is NCc1coc(CN2CCN(CC(F)(F)F)CC2)c1. The summed E-state index contributed by atoms with van der Waals surface area (Å²) in [6.07, 6.45) is -2.49. The van der Waals surface area contributed by atoms with E-state index in [1.54, 1.807) is 6.26 Å². The van der Waals surface area contributed by atoms with Crippen molar-refractivity contribution >= 4 is 0 Å². The van der Waals surface area contributed by atoms with Crippen LogP contribution in [0.4, 0.5) is 13.2 Å². The summed E-state index contributed by atoms with van der Waals surface area (Å²) in [5.74, 6) is 0.810. The second kappa shape index (κ2) is 5.94. The molecule has 1 aliphatic heterocycles. The lowest BCUT2D eigenvalue weighted by atomic mass is 10.2. The predicted octanol–water partition coefficient (Wildman–Crippen LogP) is 1.42. The number of hydrogen-bond acceptors (Lipinski definition) is 4. The highest BCUT2D eigenvalue weighted by atomic mass is 19.4.